The van der Waals surface area contributed by atoms with Gasteiger partial charge in [-0.1, -0.05) is 0 Å². The number of hydrogen-bond acceptors (Lipinski definition) is 8. The van der Waals surface area contributed by atoms with Crippen LogP contribution in [-0.2, 0) is 19.2 Å². The summed E-state index contributed by atoms with van der Waals surface area (Å²) < 4.78 is 0. The van der Waals surface area contributed by atoms with Gasteiger partial charge in [0.15, 0.2) is 6.04 Å². The molecule has 0 aromatic heterocycles. The maximum atomic E-state index is 11.8. The van der Waals surface area contributed by atoms with Crippen molar-refractivity contribution in [2.24, 2.45) is 5.73 Å². The molecule has 0 spiro atoms. The Labute approximate surface area is 143 Å². The van der Waals surface area contributed by atoms with Gasteiger partial charge in [0.2, 0.25) is 17.7 Å². The van der Waals surface area contributed by atoms with Gasteiger partial charge >= 0.3 is 5.97 Å². The highest BCUT2D eigenvalue weighted by Crippen LogP contribution is 1.93. The van der Waals surface area contributed by atoms with E-state index in [-0.39, 0.29) is 5.75 Å². The van der Waals surface area contributed by atoms with E-state index >= 15 is 0 Å². The molecule has 0 aliphatic carbocycles. The van der Waals surface area contributed by atoms with Crippen molar-refractivity contribution >= 4 is 36.3 Å². The standard InChI is InChI=1S/C12H22N4O7S/c1-5(18)9(12(22)23)16-8(19)2-14-11(21)7(3-17)15-10(20)6(13)4-24/h5-7,9,17-18,24H,2-4,13H2,1H3,(H,14,21)(H,15,20)(H,16,19)(H,22,23)/t5-,6+,7+,9+/m1/s1. The molecule has 0 unspecified atom stereocenters. The molecule has 11 nitrogen and oxygen atoms in total. The van der Waals surface area contributed by atoms with Gasteiger partial charge in [0.25, 0.3) is 0 Å². The summed E-state index contributed by atoms with van der Waals surface area (Å²) in [5.41, 5.74) is 5.41. The summed E-state index contributed by atoms with van der Waals surface area (Å²) in [4.78, 5) is 45.7. The van der Waals surface area contributed by atoms with Crippen molar-refractivity contribution in [1.29, 1.82) is 0 Å². The van der Waals surface area contributed by atoms with E-state index < -0.39 is 61.1 Å². The molecule has 0 saturated heterocycles. The highest BCUT2D eigenvalue weighted by atomic mass is 32.1. The van der Waals surface area contributed by atoms with Crippen LogP contribution in [0.3, 0.4) is 0 Å². The Morgan fingerprint density at radius 1 is 1.17 bits per heavy atom. The molecule has 0 fully saturated rings. The van der Waals surface area contributed by atoms with E-state index in [0.717, 1.165) is 0 Å². The normalized spacial score (nSPS) is 15.5. The monoisotopic (exact) mass is 366 g/mol. The highest BCUT2D eigenvalue weighted by molar-refractivity contribution is 7.80. The van der Waals surface area contributed by atoms with Crippen molar-refractivity contribution in [2.75, 3.05) is 18.9 Å². The summed E-state index contributed by atoms with van der Waals surface area (Å²) >= 11 is 3.82. The first kappa shape index (κ1) is 22.1. The largest absolute Gasteiger partial charge is 0.480 e. The Morgan fingerprint density at radius 3 is 2.17 bits per heavy atom. The van der Waals surface area contributed by atoms with Crippen LogP contribution in [0.2, 0.25) is 0 Å². The van der Waals surface area contributed by atoms with E-state index in [1.807, 2.05) is 5.32 Å². The van der Waals surface area contributed by atoms with Crippen LogP contribution in [0.15, 0.2) is 0 Å². The highest BCUT2D eigenvalue weighted by Gasteiger charge is 2.26. The molecular formula is C12H22N4O7S. The van der Waals surface area contributed by atoms with Gasteiger partial charge in [-0.25, -0.2) is 4.79 Å². The zero-order chi connectivity index (χ0) is 18.9. The Kier molecular flexibility index (Phi) is 9.95. The SMILES string of the molecule is C[C@@H](O)[C@H](NC(=O)CNC(=O)[C@H](CO)NC(=O)[C@@H](N)CS)C(=O)O. The average Bonchev–Trinajstić information content (AvgIpc) is 2.53. The van der Waals surface area contributed by atoms with Crippen LogP contribution in [0.5, 0.6) is 0 Å². The van der Waals surface area contributed by atoms with E-state index in [1.165, 1.54) is 6.92 Å². The smallest absolute Gasteiger partial charge is 0.328 e. The fourth-order valence-corrected chi connectivity index (χ4v) is 1.63. The molecular weight excluding hydrogens is 344 g/mol. The Hall–Kier alpha value is -1.89. The summed E-state index contributed by atoms with van der Waals surface area (Å²) in [7, 11) is 0. The quantitative estimate of drug-likeness (QED) is 0.178. The lowest BCUT2D eigenvalue weighted by Crippen LogP contribution is -2.55. The lowest BCUT2D eigenvalue weighted by atomic mass is 10.2. The number of nitrogens with two attached hydrogens (primary N) is 1. The van der Waals surface area contributed by atoms with Crippen LogP contribution in [-0.4, -0.2) is 82.1 Å². The second-order valence-electron chi connectivity index (χ2n) is 4.87. The second kappa shape index (κ2) is 10.8. The van der Waals surface area contributed by atoms with Crippen molar-refractivity contribution in [3.63, 3.8) is 0 Å². The van der Waals surface area contributed by atoms with Crippen molar-refractivity contribution in [3.05, 3.63) is 0 Å². The summed E-state index contributed by atoms with van der Waals surface area (Å²) in [6.45, 7) is -0.163. The van der Waals surface area contributed by atoms with Gasteiger partial charge < -0.3 is 37.0 Å². The number of aliphatic carboxylic acids is 1. The molecule has 0 aliphatic rings. The molecule has 24 heavy (non-hydrogen) atoms. The lowest BCUT2D eigenvalue weighted by Gasteiger charge is -2.19. The van der Waals surface area contributed by atoms with E-state index in [4.69, 9.17) is 15.9 Å². The second-order valence-corrected chi connectivity index (χ2v) is 5.24. The van der Waals surface area contributed by atoms with Crippen molar-refractivity contribution < 1.29 is 34.5 Å². The molecule has 8 N–H and O–H groups in total. The number of amides is 3. The Morgan fingerprint density at radius 2 is 1.75 bits per heavy atom. The molecule has 0 rings (SSSR count). The van der Waals surface area contributed by atoms with Gasteiger partial charge in [-0.3, -0.25) is 14.4 Å². The van der Waals surface area contributed by atoms with Crippen LogP contribution in [0.25, 0.3) is 0 Å². The summed E-state index contributed by atoms with van der Waals surface area (Å²) in [6, 6.07) is -3.83. The maximum absolute atomic E-state index is 11.8. The first-order valence-electron chi connectivity index (χ1n) is 6.89. The van der Waals surface area contributed by atoms with Crippen LogP contribution in [0.4, 0.5) is 0 Å². The van der Waals surface area contributed by atoms with E-state index in [1.54, 1.807) is 0 Å². The third kappa shape index (κ3) is 7.59. The average molecular weight is 366 g/mol. The first-order chi connectivity index (χ1) is 11.1. The molecule has 138 valence electrons. The fourth-order valence-electron chi connectivity index (χ4n) is 1.46. The third-order valence-electron chi connectivity index (χ3n) is 2.84. The van der Waals surface area contributed by atoms with E-state index in [9.17, 15) is 24.3 Å². The maximum Gasteiger partial charge on any atom is 0.328 e. The molecule has 0 aromatic carbocycles. The molecule has 4 atom stereocenters. The van der Waals surface area contributed by atoms with E-state index in [0.29, 0.717) is 0 Å². The van der Waals surface area contributed by atoms with Gasteiger partial charge in [-0.2, -0.15) is 12.6 Å². The van der Waals surface area contributed by atoms with E-state index in [2.05, 4.69) is 23.3 Å². The molecule has 12 heteroatoms. The summed E-state index contributed by atoms with van der Waals surface area (Å²) in [6.07, 6.45) is -1.34. The first-order valence-corrected chi connectivity index (χ1v) is 7.52. The number of carboxylic acids is 1. The van der Waals surface area contributed by atoms with Crippen molar-refractivity contribution in [3.8, 4) is 0 Å². The molecule has 0 heterocycles. The van der Waals surface area contributed by atoms with Gasteiger partial charge in [0.05, 0.1) is 25.3 Å². The predicted octanol–water partition coefficient (Wildman–Crippen LogP) is -4.21. The van der Waals surface area contributed by atoms with Crippen molar-refractivity contribution in [2.45, 2.75) is 31.2 Å². The lowest BCUT2D eigenvalue weighted by molar-refractivity contribution is -0.144. The van der Waals surface area contributed by atoms with Crippen LogP contribution in [0, 0.1) is 0 Å². The molecule has 3 amide bonds. The molecule has 0 radical (unpaired) electrons. The summed E-state index contributed by atoms with van der Waals surface area (Å²) in [5, 5.41) is 33.5. The van der Waals surface area contributed by atoms with Crippen LogP contribution in [0.1, 0.15) is 6.92 Å². The number of carbonyl (C=O) groups is 4. The molecule has 0 saturated carbocycles. The fraction of sp³-hybridized carbons (Fsp3) is 0.667. The topological polar surface area (TPSA) is 191 Å². The summed E-state index contributed by atoms with van der Waals surface area (Å²) in [5.74, 6) is -3.85. The van der Waals surface area contributed by atoms with Gasteiger partial charge in [-0.15, -0.1) is 0 Å². The minimum atomic E-state index is -1.53. The number of thiol groups is 1. The minimum absolute atomic E-state index is 0.0317. The number of aliphatic hydroxyl groups excluding tert-OH is 2. The number of carboxylic acid groups (broad SMARTS) is 1. The zero-order valence-corrected chi connectivity index (χ0v) is 13.8. The van der Waals surface area contributed by atoms with Gasteiger partial charge in [-0.05, 0) is 6.92 Å². The Bertz CT molecular complexity index is 474. The predicted molar refractivity (Wildman–Crippen MR) is 85.1 cm³/mol. The number of rotatable bonds is 10. The number of aliphatic hydroxyl groups is 2. The number of carbonyl (C=O) groups excluding carboxylic acids is 3. The van der Waals surface area contributed by atoms with Crippen molar-refractivity contribution in [1.82, 2.24) is 16.0 Å². The molecule has 0 aromatic rings. The number of hydrogen-bond donors (Lipinski definition) is 8. The zero-order valence-electron chi connectivity index (χ0n) is 12.9. The number of nitrogens with one attached hydrogen (secondary N) is 3. The third-order valence-corrected chi connectivity index (χ3v) is 3.23. The van der Waals surface area contributed by atoms with Crippen LogP contribution >= 0.6 is 12.6 Å². The van der Waals surface area contributed by atoms with Gasteiger partial charge in [0, 0.05) is 5.75 Å². The molecule has 0 bridgehead atoms. The van der Waals surface area contributed by atoms with Gasteiger partial charge in [0.1, 0.15) is 6.04 Å². The Balaban J connectivity index is 4.51. The van der Waals surface area contributed by atoms with Crippen LogP contribution < -0.4 is 21.7 Å². The molecule has 0 aliphatic heterocycles. The minimum Gasteiger partial charge on any atom is -0.480 e.